The Hall–Kier alpha value is -4.77. The van der Waals surface area contributed by atoms with Crippen molar-refractivity contribution < 1.29 is 29.1 Å². The van der Waals surface area contributed by atoms with E-state index >= 15 is 0 Å². The lowest BCUT2D eigenvalue weighted by atomic mass is 10.0. The molecule has 35 heavy (non-hydrogen) atoms. The summed E-state index contributed by atoms with van der Waals surface area (Å²) in [6, 6.07) is 17.6. The summed E-state index contributed by atoms with van der Waals surface area (Å²) >= 11 is 5.19. The number of nitrogens with zero attached hydrogens (tertiary/aromatic N) is 2. The third kappa shape index (κ3) is 4.80. The maximum atomic E-state index is 13.2. The number of nitro benzene ring substituents is 1. The van der Waals surface area contributed by atoms with Gasteiger partial charge in [-0.25, -0.2) is 0 Å². The third-order valence-electron chi connectivity index (χ3n) is 5.00. The molecule has 1 heterocycles. The molecule has 0 atom stereocenters. The highest BCUT2D eigenvalue weighted by molar-refractivity contribution is 7.80. The number of amides is 2. The number of hydrogen-bond acceptors (Lipinski definition) is 8. The minimum absolute atomic E-state index is 0.115. The van der Waals surface area contributed by atoms with Crippen LogP contribution in [0.1, 0.15) is 5.56 Å². The molecular weight excluding hydrogens is 474 g/mol. The number of thiocarbonyl (C=S) groups is 1. The van der Waals surface area contributed by atoms with Crippen molar-refractivity contribution in [2.75, 3.05) is 12.0 Å². The van der Waals surface area contributed by atoms with Crippen LogP contribution in [0.3, 0.4) is 0 Å². The highest BCUT2D eigenvalue weighted by Crippen LogP contribution is 2.35. The fourth-order valence-corrected chi connectivity index (χ4v) is 3.61. The first-order chi connectivity index (χ1) is 16.8. The maximum Gasteiger partial charge on any atom is 0.311 e. The molecule has 0 unspecified atom stereocenters. The van der Waals surface area contributed by atoms with E-state index in [1.54, 1.807) is 36.4 Å². The van der Waals surface area contributed by atoms with Crippen molar-refractivity contribution in [1.82, 2.24) is 5.32 Å². The second-order valence-electron chi connectivity index (χ2n) is 7.21. The van der Waals surface area contributed by atoms with Gasteiger partial charge in [-0.1, -0.05) is 18.2 Å². The third-order valence-corrected chi connectivity index (χ3v) is 5.28. The second kappa shape index (κ2) is 9.61. The van der Waals surface area contributed by atoms with E-state index in [0.717, 1.165) is 23.1 Å². The lowest BCUT2D eigenvalue weighted by Gasteiger charge is -2.29. The van der Waals surface area contributed by atoms with Crippen molar-refractivity contribution in [2.24, 2.45) is 0 Å². The normalized spacial score (nSPS) is 14.6. The lowest BCUT2D eigenvalue weighted by Crippen LogP contribution is -2.54. The highest BCUT2D eigenvalue weighted by atomic mass is 32.1. The minimum atomic E-state index is -0.807. The standard InChI is InChI=1S/C24H17N3O7S/c1-33-21-13-20(28)14(12-19(21)27(31)32)11-18-22(29)25-24(35)26(23(18)30)15-7-9-17(10-8-15)34-16-5-3-2-4-6-16/h2-13,28H,1H3,(H,25,29,35). The van der Waals surface area contributed by atoms with E-state index in [1.165, 1.54) is 7.11 Å². The van der Waals surface area contributed by atoms with Crippen LogP contribution in [0.15, 0.2) is 72.3 Å². The van der Waals surface area contributed by atoms with Gasteiger partial charge in [0, 0.05) is 17.7 Å². The smallest absolute Gasteiger partial charge is 0.311 e. The van der Waals surface area contributed by atoms with Gasteiger partial charge in [0.25, 0.3) is 11.8 Å². The van der Waals surface area contributed by atoms with E-state index in [2.05, 4.69) is 5.32 Å². The van der Waals surface area contributed by atoms with Crippen molar-refractivity contribution in [3.8, 4) is 23.0 Å². The summed E-state index contributed by atoms with van der Waals surface area (Å²) in [7, 11) is 1.22. The molecule has 3 aromatic rings. The van der Waals surface area contributed by atoms with Gasteiger partial charge in [0.05, 0.1) is 17.7 Å². The number of carbonyl (C=O) groups is 2. The predicted molar refractivity (Wildman–Crippen MR) is 130 cm³/mol. The zero-order valence-electron chi connectivity index (χ0n) is 18.1. The Bertz CT molecular complexity index is 1370. The van der Waals surface area contributed by atoms with Crippen molar-refractivity contribution >= 4 is 46.6 Å². The van der Waals surface area contributed by atoms with Crippen LogP contribution in [0.25, 0.3) is 6.08 Å². The highest BCUT2D eigenvalue weighted by Gasteiger charge is 2.35. The number of nitro groups is 1. The molecule has 3 aromatic carbocycles. The fourth-order valence-electron chi connectivity index (χ4n) is 3.33. The molecule has 1 aliphatic rings. The fraction of sp³-hybridized carbons (Fsp3) is 0.0417. The Balaban J connectivity index is 1.66. The lowest BCUT2D eigenvalue weighted by molar-refractivity contribution is -0.385. The average Bonchev–Trinajstić information content (AvgIpc) is 2.83. The molecule has 4 rings (SSSR count). The topological polar surface area (TPSA) is 131 Å². The number of phenols is 1. The largest absolute Gasteiger partial charge is 0.507 e. The van der Waals surface area contributed by atoms with Crippen LogP contribution >= 0.6 is 12.2 Å². The van der Waals surface area contributed by atoms with Gasteiger partial charge in [-0.05, 0) is 54.7 Å². The van der Waals surface area contributed by atoms with Gasteiger partial charge in [0.2, 0.25) is 5.75 Å². The van der Waals surface area contributed by atoms with Crippen LogP contribution in [-0.4, -0.2) is 34.1 Å². The van der Waals surface area contributed by atoms with Crippen LogP contribution in [0.2, 0.25) is 0 Å². The SMILES string of the molecule is COc1cc(O)c(C=C2C(=O)NC(=S)N(c3ccc(Oc4ccccc4)cc3)C2=O)cc1[N+](=O)[O-]. The summed E-state index contributed by atoms with van der Waals surface area (Å²) in [6.07, 6.45) is 1.06. The van der Waals surface area contributed by atoms with Gasteiger partial charge in [0.1, 0.15) is 22.8 Å². The average molecular weight is 491 g/mol. The van der Waals surface area contributed by atoms with E-state index in [1.807, 2.05) is 18.2 Å². The first kappa shape index (κ1) is 23.4. The first-order valence-electron chi connectivity index (χ1n) is 10.1. The maximum absolute atomic E-state index is 13.2. The number of phenolic OH excluding ortho intramolecular Hbond substituents is 1. The summed E-state index contributed by atoms with van der Waals surface area (Å²) in [5.74, 6) is -1.01. The molecule has 0 radical (unpaired) electrons. The number of rotatable bonds is 6. The number of carbonyl (C=O) groups excluding carboxylic acids is 2. The first-order valence-corrected chi connectivity index (χ1v) is 10.5. The zero-order chi connectivity index (χ0) is 25.1. The van der Waals surface area contributed by atoms with E-state index in [-0.39, 0.29) is 22.0 Å². The number of aromatic hydroxyl groups is 1. The Kier molecular flexibility index (Phi) is 6.42. The number of anilines is 1. The van der Waals surface area contributed by atoms with Crippen molar-refractivity contribution in [1.29, 1.82) is 0 Å². The van der Waals surface area contributed by atoms with Gasteiger partial charge in [-0.2, -0.15) is 0 Å². The summed E-state index contributed by atoms with van der Waals surface area (Å²) in [5.41, 5.74) is -0.577. The molecule has 1 aliphatic heterocycles. The van der Waals surface area contributed by atoms with Gasteiger partial charge in [-0.15, -0.1) is 0 Å². The van der Waals surface area contributed by atoms with Crippen LogP contribution in [0.4, 0.5) is 11.4 Å². The molecule has 2 amide bonds. The van der Waals surface area contributed by atoms with Gasteiger partial charge >= 0.3 is 5.69 Å². The summed E-state index contributed by atoms with van der Waals surface area (Å²) in [6.45, 7) is 0. The van der Waals surface area contributed by atoms with Gasteiger partial charge in [-0.3, -0.25) is 29.9 Å². The number of nitrogens with one attached hydrogen (secondary N) is 1. The number of methoxy groups -OCH3 is 1. The quantitative estimate of drug-likeness (QED) is 0.174. The Labute approximate surface area is 204 Å². The van der Waals surface area contributed by atoms with E-state index < -0.39 is 28.2 Å². The number of hydrogen-bond donors (Lipinski definition) is 2. The molecule has 176 valence electrons. The summed E-state index contributed by atoms with van der Waals surface area (Å²) < 4.78 is 10.7. The number of benzene rings is 3. The molecule has 0 aliphatic carbocycles. The number of para-hydroxylation sites is 1. The van der Waals surface area contributed by atoms with Gasteiger partial charge < -0.3 is 14.6 Å². The molecule has 1 saturated heterocycles. The molecule has 0 spiro atoms. The molecule has 11 heteroatoms. The van der Waals surface area contributed by atoms with E-state index in [4.69, 9.17) is 21.7 Å². The van der Waals surface area contributed by atoms with Crippen LogP contribution < -0.4 is 19.7 Å². The second-order valence-corrected chi connectivity index (χ2v) is 7.59. The minimum Gasteiger partial charge on any atom is -0.507 e. The monoisotopic (exact) mass is 491 g/mol. The summed E-state index contributed by atoms with van der Waals surface area (Å²) in [5, 5.41) is 23.9. The zero-order valence-corrected chi connectivity index (χ0v) is 18.9. The Morgan fingerprint density at radius 3 is 2.34 bits per heavy atom. The molecular formula is C24H17N3O7S. The van der Waals surface area contributed by atoms with Crippen molar-refractivity contribution in [2.45, 2.75) is 0 Å². The Morgan fingerprint density at radius 2 is 1.71 bits per heavy atom. The van der Waals surface area contributed by atoms with Crippen molar-refractivity contribution in [3.63, 3.8) is 0 Å². The summed E-state index contributed by atoms with van der Waals surface area (Å²) in [4.78, 5) is 37.5. The predicted octanol–water partition coefficient (Wildman–Crippen LogP) is 3.93. The van der Waals surface area contributed by atoms with Crippen molar-refractivity contribution in [3.05, 3.63) is 88.0 Å². The van der Waals surface area contributed by atoms with E-state index in [0.29, 0.717) is 17.2 Å². The van der Waals surface area contributed by atoms with Crippen LogP contribution in [-0.2, 0) is 9.59 Å². The van der Waals surface area contributed by atoms with Crippen LogP contribution in [0.5, 0.6) is 23.0 Å². The Morgan fingerprint density at radius 1 is 1.06 bits per heavy atom. The van der Waals surface area contributed by atoms with Crippen LogP contribution in [0, 0.1) is 10.1 Å². The van der Waals surface area contributed by atoms with Gasteiger partial charge in [0.15, 0.2) is 5.11 Å². The molecule has 0 saturated carbocycles. The molecule has 10 nitrogen and oxygen atoms in total. The molecule has 2 N–H and O–H groups in total. The number of ether oxygens (including phenoxy) is 2. The molecule has 1 fully saturated rings. The molecule has 0 aromatic heterocycles. The van der Waals surface area contributed by atoms with E-state index in [9.17, 15) is 24.8 Å². The molecule has 0 bridgehead atoms.